The van der Waals surface area contributed by atoms with Gasteiger partial charge in [-0.3, -0.25) is 4.79 Å². The third-order valence-electron chi connectivity index (χ3n) is 1.92. The molecular formula is C6H8ClFO3S. The molecule has 70 valence electrons. The maximum absolute atomic E-state index is 12.9. The lowest BCUT2D eigenvalue weighted by molar-refractivity contribution is -0.116. The minimum Gasteiger partial charge on any atom is -0.278 e. The average molecular weight is 215 g/mol. The molecule has 3 nitrogen and oxygen atoms in total. The molecule has 2 unspecified atom stereocenters. The van der Waals surface area contributed by atoms with E-state index in [-0.39, 0.29) is 12.2 Å². The number of hydrogen-bond acceptors (Lipinski definition) is 3. The van der Waals surface area contributed by atoms with E-state index in [0.717, 1.165) is 0 Å². The van der Waals surface area contributed by atoms with E-state index in [0.29, 0.717) is 6.42 Å². The summed E-state index contributed by atoms with van der Waals surface area (Å²) < 4.78 is 35.0. The van der Waals surface area contributed by atoms with Gasteiger partial charge in [-0.05, 0) is 24.4 Å². The van der Waals surface area contributed by atoms with Crippen molar-refractivity contribution in [3.63, 3.8) is 0 Å². The van der Waals surface area contributed by atoms with Crippen molar-refractivity contribution in [3.8, 4) is 0 Å². The van der Waals surface area contributed by atoms with Crippen molar-refractivity contribution in [1.29, 1.82) is 0 Å². The van der Waals surface area contributed by atoms with Gasteiger partial charge < -0.3 is 0 Å². The summed E-state index contributed by atoms with van der Waals surface area (Å²) in [6.07, 6.45) is -1.45. The highest BCUT2D eigenvalue weighted by Crippen LogP contribution is 2.25. The molecule has 0 aromatic heterocycles. The predicted octanol–water partition coefficient (Wildman–Crippen LogP) is 0.667. The molecule has 1 saturated heterocycles. The Kier molecular flexibility index (Phi) is 2.73. The second kappa shape index (κ2) is 3.30. The number of rotatable bonds is 2. The number of halogens is 2. The fraction of sp³-hybridized carbons (Fsp3) is 0.833. The monoisotopic (exact) mass is 214 g/mol. The zero-order valence-electron chi connectivity index (χ0n) is 6.16. The van der Waals surface area contributed by atoms with E-state index < -0.39 is 26.5 Å². The molecule has 1 aliphatic rings. The van der Waals surface area contributed by atoms with Crippen molar-refractivity contribution in [1.82, 2.24) is 0 Å². The van der Waals surface area contributed by atoms with Crippen LogP contribution in [0.2, 0.25) is 0 Å². The van der Waals surface area contributed by atoms with Gasteiger partial charge in [-0.2, -0.15) is 0 Å². The molecule has 0 radical (unpaired) electrons. The molecule has 0 N–H and O–H groups in total. The van der Waals surface area contributed by atoms with E-state index >= 15 is 0 Å². The summed E-state index contributed by atoms with van der Waals surface area (Å²) in [5.41, 5.74) is 0. The number of sulfone groups is 1. The van der Waals surface area contributed by atoms with E-state index in [2.05, 4.69) is 0 Å². The van der Waals surface area contributed by atoms with Crippen molar-refractivity contribution < 1.29 is 17.6 Å². The SMILES string of the molecule is O=C(Cl)C(F)C1CCCS1(=O)=O. The number of alkyl halides is 1. The lowest BCUT2D eigenvalue weighted by Crippen LogP contribution is -2.31. The summed E-state index contributed by atoms with van der Waals surface area (Å²) in [5, 5.41) is -2.42. The van der Waals surface area contributed by atoms with Gasteiger partial charge in [0.1, 0.15) is 5.25 Å². The van der Waals surface area contributed by atoms with Gasteiger partial charge in [0.2, 0.25) is 0 Å². The van der Waals surface area contributed by atoms with E-state index in [1.807, 2.05) is 0 Å². The molecule has 0 aromatic rings. The maximum atomic E-state index is 12.9. The van der Waals surface area contributed by atoms with Gasteiger partial charge in [0.15, 0.2) is 16.0 Å². The molecule has 0 aliphatic carbocycles. The molecule has 12 heavy (non-hydrogen) atoms. The van der Waals surface area contributed by atoms with Crippen LogP contribution >= 0.6 is 11.6 Å². The molecule has 1 aliphatic heterocycles. The summed E-state index contributed by atoms with van der Waals surface area (Å²) in [4.78, 5) is 10.3. The van der Waals surface area contributed by atoms with Crippen molar-refractivity contribution in [3.05, 3.63) is 0 Å². The van der Waals surface area contributed by atoms with Crippen LogP contribution < -0.4 is 0 Å². The largest absolute Gasteiger partial charge is 0.278 e. The van der Waals surface area contributed by atoms with Crippen molar-refractivity contribution in [2.75, 3.05) is 5.75 Å². The highest BCUT2D eigenvalue weighted by Gasteiger charge is 2.40. The van der Waals surface area contributed by atoms with Crippen LogP contribution in [-0.2, 0) is 14.6 Å². The first-order chi connectivity index (χ1) is 5.45. The maximum Gasteiger partial charge on any atom is 0.257 e. The Morgan fingerprint density at radius 3 is 2.50 bits per heavy atom. The summed E-state index contributed by atoms with van der Waals surface area (Å²) in [6.45, 7) is 0. The molecule has 0 bridgehead atoms. The summed E-state index contributed by atoms with van der Waals surface area (Å²) in [6, 6.07) is 0. The zero-order valence-corrected chi connectivity index (χ0v) is 7.74. The molecule has 0 amide bonds. The van der Waals surface area contributed by atoms with Crippen LogP contribution in [0.5, 0.6) is 0 Å². The second-order valence-corrected chi connectivity index (χ2v) is 5.47. The van der Waals surface area contributed by atoms with Crippen LogP contribution in [-0.4, -0.2) is 30.8 Å². The van der Waals surface area contributed by atoms with Gasteiger partial charge in [-0.15, -0.1) is 0 Å². The summed E-state index contributed by atoms with van der Waals surface area (Å²) >= 11 is 4.86. The van der Waals surface area contributed by atoms with Gasteiger partial charge in [-0.25, -0.2) is 12.8 Å². The fourth-order valence-corrected chi connectivity index (χ4v) is 3.40. The summed E-state index contributed by atoms with van der Waals surface area (Å²) in [5.74, 6) is -0.0394. The van der Waals surface area contributed by atoms with Crippen LogP contribution in [0.25, 0.3) is 0 Å². The molecule has 1 rings (SSSR count). The topological polar surface area (TPSA) is 51.2 Å². The van der Waals surface area contributed by atoms with Crippen LogP contribution in [0.1, 0.15) is 12.8 Å². The normalized spacial score (nSPS) is 30.0. The number of hydrogen-bond donors (Lipinski definition) is 0. The van der Waals surface area contributed by atoms with Gasteiger partial charge in [0, 0.05) is 0 Å². The first-order valence-electron chi connectivity index (χ1n) is 3.50. The van der Waals surface area contributed by atoms with E-state index in [9.17, 15) is 17.6 Å². The predicted molar refractivity (Wildman–Crippen MR) is 42.6 cm³/mol. The molecule has 0 spiro atoms. The number of carbonyl (C=O) groups is 1. The average Bonchev–Trinajstić information content (AvgIpc) is 2.27. The lowest BCUT2D eigenvalue weighted by Gasteiger charge is -2.09. The van der Waals surface area contributed by atoms with Crippen LogP contribution in [0, 0.1) is 0 Å². The van der Waals surface area contributed by atoms with Crippen LogP contribution in [0.4, 0.5) is 4.39 Å². The smallest absolute Gasteiger partial charge is 0.257 e. The number of carbonyl (C=O) groups excluding carboxylic acids is 1. The Balaban J connectivity index is 2.83. The zero-order chi connectivity index (χ0) is 9.35. The van der Waals surface area contributed by atoms with Gasteiger partial charge in [0.25, 0.3) is 5.24 Å². The van der Waals surface area contributed by atoms with Gasteiger partial charge in [0.05, 0.1) is 5.75 Å². The highest BCUT2D eigenvalue weighted by molar-refractivity contribution is 7.92. The molecule has 2 atom stereocenters. The minimum atomic E-state index is -3.41. The second-order valence-electron chi connectivity index (χ2n) is 2.75. The quantitative estimate of drug-likeness (QED) is 0.635. The molecule has 0 saturated carbocycles. The van der Waals surface area contributed by atoms with Crippen molar-refractivity contribution >= 4 is 26.7 Å². The third kappa shape index (κ3) is 1.77. The first kappa shape index (κ1) is 9.92. The van der Waals surface area contributed by atoms with Crippen molar-refractivity contribution in [2.45, 2.75) is 24.3 Å². The van der Waals surface area contributed by atoms with E-state index in [1.54, 1.807) is 0 Å². The Morgan fingerprint density at radius 1 is 1.58 bits per heavy atom. The van der Waals surface area contributed by atoms with Crippen LogP contribution in [0.15, 0.2) is 0 Å². The Labute approximate surface area is 74.8 Å². The molecule has 6 heteroatoms. The first-order valence-corrected chi connectivity index (χ1v) is 5.59. The molecule has 1 fully saturated rings. The Morgan fingerprint density at radius 2 is 2.17 bits per heavy atom. The third-order valence-corrected chi connectivity index (χ3v) is 4.39. The van der Waals surface area contributed by atoms with Crippen LogP contribution in [0.3, 0.4) is 0 Å². The Bertz CT molecular complexity index is 287. The van der Waals surface area contributed by atoms with E-state index in [4.69, 9.17) is 11.6 Å². The molecule has 0 aromatic carbocycles. The standard InChI is InChI=1S/C6H8ClFO3S/c7-6(9)5(8)4-2-1-3-12(4,10)11/h4-5H,1-3H2. The molecule has 1 heterocycles. The highest BCUT2D eigenvalue weighted by atomic mass is 35.5. The van der Waals surface area contributed by atoms with Gasteiger partial charge in [-0.1, -0.05) is 0 Å². The van der Waals surface area contributed by atoms with Crippen molar-refractivity contribution in [2.24, 2.45) is 0 Å². The lowest BCUT2D eigenvalue weighted by atomic mass is 10.2. The van der Waals surface area contributed by atoms with E-state index in [1.165, 1.54) is 0 Å². The Hall–Kier alpha value is -0.160. The summed E-state index contributed by atoms with van der Waals surface area (Å²) in [7, 11) is -3.41. The molecular weight excluding hydrogens is 207 g/mol. The van der Waals surface area contributed by atoms with Gasteiger partial charge >= 0.3 is 0 Å². The minimum absolute atomic E-state index is 0.0394. The fourth-order valence-electron chi connectivity index (χ4n) is 1.29.